The highest BCUT2D eigenvalue weighted by atomic mass is 35.5. The van der Waals surface area contributed by atoms with Crippen molar-refractivity contribution in [2.75, 3.05) is 28.4 Å². The maximum absolute atomic E-state index is 12.1. The monoisotopic (exact) mass is 391 g/mol. The predicted octanol–water partition coefficient (Wildman–Crippen LogP) is 3.70. The van der Waals surface area contributed by atoms with E-state index < -0.39 is 0 Å². The molecule has 0 heterocycles. The van der Waals surface area contributed by atoms with Crippen LogP contribution < -0.4 is 24.3 Å². The number of carbonyl (C=O) groups excluding carboxylic acids is 1. The Labute approximate surface area is 163 Å². The van der Waals surface area contributed by atoms with Gasteiger partial charge in [-0.15, -0.1) is 0 Å². The van der Waals surface area contributed by atoms with Crippen molar-refractivity contribution in [1.29, 1.82) is 0 Å². The lowest BCUT2D eigenvalue weighted by Gasteiger charge is -2.14. The van der Waals surface area contributed by atoms with E-state index in [0.29, 0.717) is 40.1 Å². The normalized spacial score (nSPS) is 10.6. The maximum Gasteiger partial charge on any atom is 0.244 e. The number of benzene rings is 2. The lowest BCUT2D eigenvalue weighted by Crippen LogP contribution is -2.20. The molecule has 0 aromatic heterocycles. The summed E-state index contributed by atoms with van der Waals surface area (Å²) in [5.41, 5.74) is 1.53. The summed E-state index contributed by atoms with van der Waals surface area (Å²) in [4.78, 5) is 12.1. The molecule has 0 aliphatic carbocycles. The standard InChI is InChI=1S/C20H22ClNO5/c1-24-16-7-6-15(21)11-14(16)5-8-19(23)22-12-13-9-17(25-2)20(27-4)18(10-13)26-3/h5-11H,12H2,1-4H3,(H,22,23). The zero-order chi connectivity index (χ0) is 19.8. The van der Waals surface area contributed by atoms with Gasteiger partial charge in [-0.2, -0.15) is 0 Å². The van der Waals surface area contributed by atoms with Gasteiger partial charge in [-0.25, -0.2) is 0 Å². The third-order valence-electron chi connectivity index (χ3n) is 3.80. The van der Waals surface area contributed by atoms with E-state index in [1.54, 1.807) is 57.7 Å². The third kappa shape index (κ3) is 5.31. The van der Waals surface area contributed by atoms with Crippen LogP contribution in [0, 0.1) is 0 Å². The first-order valence-corrected chi connectivity index (χ1v) is 8.48. The lowest BCUT2D eigenvalue weighted by atomic mass is 10.1. The van der Waals surface area contributed by atoms with E-state index in [0.717, 1.165) is 5.56 Å². The highest BCUT2D eigenvalue weighted by molar-refractivity contribution is 6.30. The topological polar surface area (TPSA) is 66.0 Å². The van der Waals surface area contributed by atoms with Gasteiger partial charge in [-0.3, -0.25) is 4.79 Å². The van der Waals surface area contributed by atoms with Crippen LogP contribution in [-0.4, -0.2) is 34.3 Å². The zero-order valence-corrected chi connectivity index (χ0v) is 16.4. The minimum Gasteiger partial charge on any atom is -0.496 e. The molecule has 6 nitrogen and oxygen atoms in total. The first kappa shape index (κ1) is 20.5. The van der Waals surface area contributed by atoms with Crippen molar-refractivity contribution in [2.24, 2.45) is 0 Å². The van der Waals surface area contributed by atoms with E-state index in [9.17, 15) is 4.79 Å². The Kier molecular flexibility index (Phi) is 7.37. The maximum atomic E-state index is 12.1. The van der Waals surface area contributed by atoms with Crippen LogP contribution >= 0.6 is 11.6 Å². The number of halogens is 1. The first-order chi connectivity index (χ1) is 13.0. The minimum absolute atomic E-state index is 0.259. The van der Waals surface area contributed by atoms with Gasteiger partial charge in [0.15, 0.2) is 11.5 Å². The molecule has 144 valence electrons. The second-order valence-corrected chi connectivity index (χ2v) is 5.91. The van der Waals surface area contributed by atoms with Crippen LogP contribution in [-0.2, 0) is 11.3 Å². The fourth-order valence-corrected chi connectivity index (χ4v) is 2.67. The summed E-state index contributed by atoms with van der Waals surface area (Å²) < 4.78 is 21.2. The minimum atomic E-state index is -0.259. The molecular weight excluding hydrogens is 370 g/mol. The van der Waals surface area contributed by atoms with Gasteiger partial charge in [-0.05, 0) is 42.0 Å². The molecule has 0 aliphatic heterocycles. The number of hydrogen-bond donors (Lipinski definition) is 1. The Morgan fingerprint density at radius 3 is 2.15 bits per heavy atom. The van der Waals surface area contributed by atoms with Crippen molar-refractivity contribution in [3.8, 4) is 23.0 Å². The van der Waals surface area contributed by atoms with Crippen molar-refractivity contribution < 1.29 is 23.7 Å². The number of hydrogen-bond acceptors (Lipinski definition) is 5. The molecule has 1 N–H and O–H groups in total. The molecule has 0 unspecified atom stereocenters. The highest BCUT2D eigenvalue weighted by Crippen LogP contribution is 2.38. The molecule has 2 rings (SSSR count). The second-order valence-electron chi connectivity index (χ2n) is 5.47. The number of nitrogens with one attached hydrogen (secondary N) is 1. The summed E-state index contributed by atoms with van der Waals surface area (Å²) in [5, 5.41) is 3.37. The molecule has 2 aromatic carbocycles. The Hall–Kier alpha value is -2.86. The number of carbonyl (C=O) groups is 1. The van der Waals surface area contributed by atoms with Crippen molar-refractivity contribution in [3.63, 3.8) is 0 Å². The summed E-state index contributed by atoms with van der Waals surface area (Å²) in [7, 11) is 6.18. The van der Waals surface area contributed by atoms with E-state index in [2.05, 4.69) is 5.32 Å². The molecule has 7 heteroatoms. The number of rotatable bonds is 8. The van der Waals surface area contributed by atoms with Gasteiger partial charge in [0.05, 0.1) is 28.4 Å². The second kappa shape index (κ2) is 9.73. The van der Waals surface area contributed by atoms with Crippen LogP contribution in [0.2, 0.25) is 5.02 Å². The Morgan fingerprint density at radius 1 is 0.963 bits per heavy atom. The van der Waals surface area contributed by atoms with Crippen molar-refractivity contribution in [1.82, 2.24) is 5.32 Å². The Bertz CT molecular complexity index is 810. The SMILES string of the molecule is COc1ccc(Cl)cc1C=CC(=O)NCc1cc(OC)c(OC)c(OC)c1. The molecule has 0 atom stereocenters. The van der Waals surface area contributed by atoms with Gasteiger partial charge in [0.2, 0.25) is 11.7 Å². The molecule has 2 aromatic rings. The van der Waals surface area contributed by atoms with Gasteiger partial charge < -0.3 is 24.3 Å². The van der Waals surface area contributed by atoms with Crippen LogP contribution in [0.3, 0.4) is 0 Å². The van der Waals surface area contributed by atoms with Crippen LogP contribution in [0.4, 0.5) is 0 Å². The summed E-state index contributed by atoms with van der Waals surface area (Å²) in [5.74, 6) is 1.93. The fourth-order valence-electron chi connectivity index (χ4n) is 2.49. The molecular formula is C20H22ClNO5. The Balaban J connectivity index is 2.09. The molecule has 27 heavy (non-hydrogen) atoms. The average molecular weight is 392 g/mol. The molecule has 0 spiro atoms. The molecule has 0 saturated carbocycles. The van der Waals surface area contributed by atoms with Gasteiger partial charge >= 0.3 is 0 Å². The quantitative estimate of drug-likeness (QED) is 0.695. The molecule has 0 bridgehead atoms. The van der Waals surface area contributed by atoms with Crippen LogP contribution in [0.5, 0.6) is 23.0 Å². The van der Waals surface area contributed by atoms with Gasteiger partial charge in [0, 0.05) is 23.2 Å². The van der Waals surface area contributed by atoms with Crippen molar-refractivity contribution in [2.45, 2.75) is 6.54 Å². The fraction of sp³-hybridized carbons (Fsp3) is 0.250. The smallest absolute Gasteiger partial charge is 0.244 e. The van der Waals surface area contributed by atoms with Gasteiger partial charge in [0.25, 0.3) is 0 Å². The van der Waals surface area contributed by atoms with Crippen LogP contribution in [0.1, 0.15) is 11.1 Å². The highest BCUT2D eigenvalue weighted by Gasteiger charge is 2.13. The van der Waals surface area contributed by atoms with Crippen molar-refractivity contribution >= 4 is 23.6 Å². The third-order valence-corrected chi connectivity index (χ3v) is 4.03. The van der Waals surface area contributed by atoms with Crippen LogP contribution in [0.25, 0.3) is 6.08 Å². The van der Waals surface area contributed by atoms with E-state index in [1.807, 2.05) is 0 Å². The molecule has 0 fully saturated rings. The average Bonchev–Trinajstić information content (AvgIpc) is 2.69. The molecule has 0 radical (unpaired) electrons. The van der Waals surface area contributed by atoms with E-state index in [4.69, 9.17) is 30.5 Å². The first-order valence-electron chi connectivity index (χ1n) is 8.10. The number of ether oxygens (including phenoxy) is 4. The molecule has 0 aliphatic rings. The lowest BCUT2D eigenvalue weighted by molar-refractivity contribution is -0.116. The summed E-state index contributed by atoms with van der Waals surface area (Å²) in [6, 6.07) is 8.76. The molecule has 1 amide bonds. The van der Waals surface area contributed by atoms with E-state index in [-0.39, 0.29) is 5.91 Å². The number of amides is 1. The van der Waals surface area contributed by atoms with Gasteiger partial charge in [0.1, 0.15) is 5.75 Å². The predicted molar refractivity (Wildman–Crippen MR) is 105 cm³/mol. The number of methoxy groups -OCH3 is 4. The summed E-state index contributed by atoms with van der Waals surface area (Å²) in [6.45, 7) is 0.298. The van der Waals surface area contributed by atoms with Gasteiger partial charge in [-0.1, -0.05) is 11.6 Å². The van der Waals surface area contributed by atoms with E-state index in [1.165, 1.54) is 13.2 Å². The summed E-state index contributed by atoms with van der Waals surface area (Å²) in [6.07, 6.45) is 3.07. The van der Waals surface area contributed by atoms with E-state index >= 15 is 0 Å². The largest absolute Gasteiger partial charge is 0.496 e. The Morgan fingerprint density at radius 2 is 1.59 bits per heavy atom. The molecule has 0 saturated heterocycles. The zero-order valence-electron chi connectivity index (χ0n) is 15.7. The van der Waals surface area contributed by atoms with Crippen molar-refractivity contribution in [3.05, 3.63) is 52.6 Å². The van der Waals surface area contributed by atoms with Crippen LogP contribution in [0.15, 0.2) is 36.4 Å². The summed E-state index contributed by atoms with van der Waals surface area (Å²) >= 11 is 5.99.